The fourth-order valence-electron chi connectivity index (χ4n) is 3.19. The highest BCUT2D eigenvalue weighted by Crippen LogP contribution is 2.30. The molecule has 4 rings (SSSR count). The van der Waals surface area contributed by atoms with Gasteiger partial charge in [0, 0.05) is 30.0 Å². The molecule has 2 aromatic carbocycles. The average molecular weight is 401 g/mol. The van der Waals surface area contributed by atoms with E-state index >= 15 is 0 Å². The zero-order valence-electron chi connectivity index (χ0n) is 14.5. The highest BCUT2D eigenvalue weighted by Gasteiger charge is 2.15. The van der Waals surface area contributed by atoms with Crippen LogP contribution in [0.5, 0.6) is 0 Å². The maximum absolute atomic E-state index is 12.5. The molecule has 1 aliphatic heterocycles. The first-order valence-corrected chi connectivity index (χ1v) is 9.57. The van der Waals surface area contributed by atoms with E-state index in [1.54, 1.807) is 30.3 Å². The smallest absolute Gasteiger partial charge is 0.291 e. The summed E-state index contributed by atoms with van der Waals surface area (Å²) in [6.45, 7) is 2.19. The Balaban J connectivity index is 1.45. The number of nitrogens with zero attached hydrogens (tertiary/aromatic N) is 1. The Morgan fingerprint density at radius 3 is 2.37 bits per heavy atom. The Morgan fingerprint density at radius 1 is 0.926 bits per heavy atom. The summed E-state index contributed by atoms with van der Waals surface area (Å²) in [6, 6.07) is 16.5. The van der Waals surface area contributed by atoms with Crippen LogP contribution in [0.1, 0.15) is 23.4 Å². The van der Waals surface area contributed by atoms with Crippen molar-refractivity contribution in [3.05, 3.63) is 70.4 Å². The lowest BCUT2D eigenvalue weighted by Gasteiger charge is -2.17. The molecule has 0 atom stereocenters. The maximum Gasteiger partial charge on any atom is 0.291 e. The zero-order valence-corrected chi connectivity index (χ0v) is 16.1. The molecule has 0 bridgehead atoms. The van der Waals surface area contributed by atoms with E-state index in [9.17, 15) is 4.79 Å². The summed E-state index contributed by atoms with van der Waals surface area (Å²) in [5, 5.41) is 3.78. The molecule has 6 heteroatoms. The summed E-state index contributed by atoms with van der Waals surface area (Å²) in [4.78, 5) is 14.8. The molecule has 1 aliphatic rings. The van der Waals surface area contributed by atoms with Crippen LogP contribution < -0.4 is 10.2 Å². The predicted octanol–water partition coefficient (Wildman–Crippen LogP) is 6.11. The second-order valence-corrected chi connectivity index (χ2v) is 7.30. The normalized spacial score (nSPS) is 13.8. The van der Waals surface area contributed by atoms with Crippen LogP contribution in [0.15, 0.2) is 59.0 Å². The Kier molecular flexibility index (Phi) is 5.10. The molecule has 138 valence electrons. The molecule has 4 nitrogen and oxygen atoms in total. The van der Waals surface area contributed by atoms with Crippen molar-refractivity contribution in [3.8, 4) is 11.3 Å². The number of furan rings is 1. The number of halogens is 2. The van der Waals surface area contributed by atoms with Gasteiger partial charge in [-0.1, -0.05) is 23.2 Å². The number of anilines is 2. The molecule has 0 saturated carbocycles. The molecule has 1 aromatic heterocycles. The third-order valence-corrected chi connectivity index (χ3v) is 5.37. The van der Waals surface area contributed by atoms with Gasteiger partial charge >= 0.3 is 0 Å². The van der Waals surface area contributed by atoms with E-state index in [0.717, 1.165) is 24.3 Å². The van der Waals surface area contributed by atoms with Gasteiger partial charge in [-0.25, -0.2) is 0 Å². The fraction of sp³-hybridized carbons (Fsp3) is 0.190. The lowest BCUT2D eigenvalue weighted by atomic mass is 10.2. The van der Waals surface area contributed by atoms with E-state index in [-0.39, 0.29) is 11.7 Å². The van der Waals surface area contributed by atoms with Crippen molar-refractivity contribution in [2.45, 2.75) is 12.8 Å². The first kappa shape index (κ1) is 18.0. The molecule has 3 aromatic rings. The summed E-state index contributed by atoms with van der Waals surface area (Å²) >= 11 is 12.0. The molecule has 2 heterocycles. The lowest BCUT2D eigenvalue weighted by molar-refractivity contribution is 0.0997. The molecule has 0 radical (unpaired) electrons. The third kappa shape index (κ3) is 3.97. The molecule has 0 spiro atoms. The van der Waals surface area contributed by atoms with Crippen LogP contribution in [0.2, 0.25) is 10.0 Å². The van der Waals surface area contributed by atoms with Gasteiger partial charge in [0.25, 0.3) is 5.91 Å². The standard InChI is InChI=1S/C21H18Cl2N2O2/c22-17-8-3-14(13-18(17)23)19-9-10-20(27-19)21(26)24-15-4-6-16(7-5-15)25-11-1-2-12-25/h3-10,13H,1-2,11-12H2,(H,24,26). The first-order valence-electron chi connectivity index (χ1n) is 8.82. The van der Waals surface area contributed by atoms with Gasteiger partial charge in [-0.2, -0.15) is 0 Å². The van der Waals surface area contributed by atoms with E-state index in [2.05, 4.69) is 10.2 Å². The summed E-state index contributed by atoms with van der Waals surface area (Å²) in [7, 11) is 0. The van der Waals surface area contributed by atoms with Gasteiger partial charge in [0.1, 0.15) is 5.76 Å². The van der Waals surface area contributed by atoms with Crippen molar-refractivity contribution in [2.24, 2.45) is 0 Å². The van der Waals surface area contributed by atoms with Crippen LogP contribution in [0.4, 0.5) is 11.4 Å². The number of amides is 1. The number of rotatable bonds is 4. The number of nitrogens with one attached hydrogen (secondary N) is 1. The van der Waals surface area contributed by atoms with E-state index in [1.807, 2.05) is 24.3 Å². The van der Waals surface area contributed by atoms with Crippen LogP contribution in [0.25, 0.3) is 11.3 Å². The Labute approximate surface area is 167 Å². The van der Waals surface area contributed by atoms with Gasteiger partial charge < -0.3 is 14.6 Å². The van der Waals surface area contributed by atoms with Crippen LogP contribution in [-0.2, 0) is 0 Å². The Morgan fingerprint density at radius 2 is 1.67 bits per heavy atom. The molecule has 1 fully saturated rings. The second kappa shape index (κ2) is 7.67. The van der Waals surface area contributed by atoms with E-state index < -0.39 is 0 Å². The summed E-state index contributed by atoms with van der Waals surface area (Å²) in [5.74, 6) is 0.498. The largest absolute Gasteiger partial charge is 0.451 e. The van der Waals surface area contributed by atoms with Crippen molar-refractivity contribution in [2.75, 3.05) is 23.3 Å². The van der Waals surface area contributed by atoms with Crippen LogP contribution in [0, 0.1) is 0 Å². The predicted molar refractivity (Wildman–Crippen MR) is 110 cm³/mol. The van der Waals surface area contributed by atoms with E-state index in [0.29, 0.717) is 15.8 Å². The topological polar surface area (TPSA) is 45.5 Å². The molecule has 1 amide bonds. The van der Waals surface area contributed by atoms with Gasteiger partial charge in [0.2, 0.25) is 0 Å². The molecule has 1 N–H and O–H groups in total. The lowest BCUT2D eigenvalue weighted by Crippen LogP contribution is -2.17. The number of hydrogen-bond acceptors (Lipinski definition) is 3. The summed E-state index contributed by atoms with van der Waals surface area (Å²) < 4.78 is 5.68. The van der Waals surface area contributed by atoms with Crippen molar-refractivity contribution >= 4 is 40.5 Å². The minimum absolute atomic E-state index is 0.236. The van der Waals surface area contributed by atoms with Crippen molar-refractivity contribution in [3.63, 3.8) is 0 Å². The van der Waals surface area contributed by atoms with Gasteiger partial charge in [0.15, 0.2) is 5.76 Å². The summed E-state index contributed by atoms with van der Waals surface area (Å²) in [6.07, 6.45) is 2.47. The van der Waals surface area contributed by atoms with E-state index in [4.69, 9.17) is 27.6 Å². The van der Waals surface area contributed by atoms with Crippen LogP contribution in [0.3, 0.4) is 0 Å². The molecule has 27 heavy (non-hydrogen) atoms. The highest BCUT2D eigenvalue weighted by molar-refractivity contribution is 6.42. The molecule has 0 aliphatic carbocycles. The first-order chi connectivity index (χ1) is 13.1. The number of carbonyl (C=O) groups is 1. The van der Waals surface area contributed by atoms with Gasteiger partial charge in [-0.15, -0.1) is 0 Å². The van der Waals surface area contributed by atoms with Gasteiger partial charge in [-0.05, 0) is 67.4 Å². The number of hydrogen-bond donors (Lipinski definition) is 1. The monoisotopic (exact) mass is 400 g/mol. The highest BCUT2D eigenvalue weighted by atomic mass is 35.5. The molecular weight excluding hydrogens is 383 g/mol. The molecular formula is C21H18Cl2N2O2. The Bertz CT molecular complexity index is 961. The molecule has 1 saturated heterocycles. The van der Waals surface area contributed by atoms with E-state index in [1.165, 1.54) is 18.5 Å². The molecule has 0 unspecified atom stereocenters. The van der Waals surface area contributed by atoms with Gasteiger partial charge in [-0.3, -0.25) is 4.79 Å². The fourth-order valence-corrected chi connectivity index (χ4v) is 3.49. The minimum Gasteiger partial charge on any atom is -0.451 e. The SMILES string of the molecule is O=C(Nc1ccc(N2CCCC2)cc1)c1ccc(-c2ccc(Cl)c(Cl)c2)o1. The van der Waals surface area contributed by atoms with Crippen molar-refractivity contribution in [1.82, 2.24) is 0 Å². The van der Waals surface area contributed by atoms with Crippen molar-refractivity contribution < 1.29 is 9.21 Å². The number of benzene rings is 2. The van der Waals surface area contributed by atoms with Crippen LogP contribution >= 0.6 is 23.2 Å². The third-order valence-electron chi connectivity index (χ3n) is 4.63. The quantitative estimate of drug-likeness (QED) is 0.574. The summed E-state index contributed by atoms with van der Waals surface area (Å²) in [5.41, 5.74) is 2.68. The van der Waals surface area contributed by atoms with Gasteiger partial charge in [0.05, 0.1) is 10.0 Å². The number of carbonyl (C=O) groups excluding carboxylic acids is 1. The Hall–Kier alpha value is -2.43. The maximum atomic E-state index is 12.5. The van der Waals surface area contributed by atoms with Crippen molar-refractivity contribution in [1.29, 1.82) is 0 Å². The van der Waals surface area contributed by atoms with Crippen LogP contribution in [-0.4, -0.2) is 19.0 Å². The zero-order chi connectivity index (χ0) is 18.8. The second-order valence-electron chi connectivity index (χ2n) is 6.49. The average Bonchev–Trinajstić information content (AvgIpc) is 3.36. The minimum atomic E-state index is -0.296.